The first kappa shape index (κ1) is 15.2. The average Bonchev–Trinajstić information content (AvgIpc) is 2.57. The van der Waals surface area contributed by atoms with Crippen LogP contribution in [0, 0.1) is 0 Å². The van der Waals surface area contributed by atoms with E-state index >= 15 is 0 Å². The second kappa shape index (κ2) is 6.62. The zero-order valence-electron chi connectivity index (χ0n) is 12.0. The summed E-state index contributed by atoms with van der Waals surface area (Å²) in [6.07, 6.45) is -3.64. The molecule has 2 fully saturated rings. The lowest BCUT2D eigenvalue weighted by atomic mass is 9.96. The molecule has 8 nitrogen and oxygen atoms in total. The lowest BCUT2D eigenvalue weighted by molar-refractivity contribution is -0.337. The molecule has 2 saturated heterocycles. The molecule has 0 unspecified atom stereocenters. The van der Waals surface area contributed by atoms with E-state index in [-0.39, 0.29) is 6.61 Å². The summed E-state index contributed by atoms with van der Waals surface area (Å²) in [5, 5.41) is 13.9. The molecule has 1 aromatic carbocycles. The van der Waals surface area contributed by atoms with E-state index in [4.69, 9.17) is 24.5 Å². The van der Waals surface area contributed by atoms with Crippen LogP contribution in [-0.2, 0) is 18.9 Å². The standard InChI is InChI=1S/C14H17N3O5/c1-19-14-11(18)10(16-17-15)12-9(21-14)7-20-13(22-12)8-5-3-2-4-6-8/h2-6,9-14,18H,7H2,1H3/t9-,10+,11+,12+,13+,14+/m1/s1. The molecule has 0 saturated carbocycles. The van der Waals surface area contributed by atoms with E-state index in [1.165, 1.54) is 7.11 Å². The van der Waals surface area contributed by atoms with Crippen LogP contribution in [0.3, 0.4) is 0 Å². The largest absolute Gasteiger partial charge is 0.387 e. The Kier molecular flexibility index (Phi) is 4.58. The molecule has 118 valence electrons. The number of hydrogen-bond acceptors (Lipinski definition) is 6. The summed E-state index contributed by atoms with van der Waals surface area (Å²) < 4.78 is 22.2. The summed E-state index contributed by atoms with van der Waals surface area (Å²) in [6, 6.07) is 8.62. The fourth-order valence-corrected chi connectivity index (χ4v) is 2.75. The first-order valence-corrected chi connectivity index (χ1v) is 6.97. The van der Waals surface area contributed by atoms with Gasteiger partial charge in [0.25, 0.3) is 0 Å². The molecule has 0 bridgehead atoms. The topological polar surface area (TPSA) is 106 Å². The summed E-state index contributed by atoms with van der Waals surface area (Å²) in [4.78, 5) is 2.80. The summed E-state index contributed by atoms with van der Waals surface area (Å²) in [6.45, 7) is 0.258. The minimum Gasteiger partial charge on any atom is -0.387 e. The third kappa shape index (κ3) is 2.80. The second-order valence-electron chi connectivity index (χ2n) is 5.14. The highest BCUT2D eigenvalue weighted by atomic mass is 16.7. The van der Waals surface area contributed by atoms with E-state index in [0.717, 1.165) is 5.56 Å². The van der Waals surface area contributed by atoms with Crippen molar-refractivity contribution in [3.05, 3.63) is 46.3 Å². The van der Waals surface area contributed by atoms with Crippen molar-refractivity contribution in [1.82, 2.24) is 0 Å². The molecule has 0 aromatic heterocycles. The molecule has 0 amide bonds. The van der Waals surface area contributed by atoms with Gasteiger partial charge in [0, 0.05) is 17.6 Å². The van der Waals surface area contributed by atoms with Crippen molar-refractivity contribution in [2.75, 3.05) is 13.7 Å². The molecule has 0 aliphatic carbocycles. The van der Waals surface area contributed by atoms with Gasteiger partial charge in [-0.1, -0.05) is 35.4 Å². The number of rotatable bonds is 3. The Morgan fingerprint density at radius 2 is 2.09 bits per heavy atom. The summed E-state index contributed by atoms with van der Waals surface area (Å²) in [7, 11) is 1.42. The van der Waals surface area contributed by atoms with Gasteiger partial charge in [0.15, 0.2) is 12.6 Å². The molecule has 2 aliphatic heterocycles. The molecule has 8 heteroatoms. The molecular weight excluding hydrogens is 290 g/mol. The molecule has 1 N–H and O–H groups in total. The molecule has 2 aliphatic rings. The van der Waals surface area contributed by atoms with Gasteiger partial charge in [-0.25, -0.2) is 0 Å². The molecule has 0 spiro atoms. The van der Waals surface area contributed by atoms with Gasteiger partial charge in [0.1, 0.15) is 18.3 Å². The first-order chi connectivity index (χ1) is 10.7. The normalized spacial score (nSPS) is 37.9. The molecule has 3 rings (SSSR count). The predicted molar refractivity (Wildman–Crippen MR) is 74.6 cm³/mol. The number of fused-ring (bicyclic) bond motifs is 1. The van der Waals surface area contributed by atoms with Crippen molar-refractivity contribution >= 4 is 0 Å². The predicted octanol–water partition coefficient (Wildman–Crippen LogP) is 1.51. The van der Waals surface area contributed by atoms with Crippen LogP contribution >= 0.6 is 0 Å². The fourth-order valence-electron chi connectivity index (χ4n) is 2.75. The minimum absolute atomic E-state index is 0.258. The van der Waals surface area contributed by atoms with E-state index in [1.54, 1.807) is 0 Å². The molecule has 1 aromatic rings. The lowest BCUT2D eigenvalue weighted by Crippen LogP contribution is -2.61. The van der Waals surface area contributed by atoms with E-state index < -0.39 is 36.9 Å². The monoisotopic (exact) mass is 307 g/mol. The quantitative estimate of drug-likeness (QED) is 0.517. The minimum atomic E-state index is -1.10. The smallest absolute Gasteiger partial charge is 0.184 e. The van der Waals surface area contributed by atoms with Crippen LogP contribution in [0.5, 0.6) is 0 Å². The van der Waals surface area contributed by atoms with Crippen LogP contribution in [-0.4, -0.2) is 49.5 Å². The third-order valence-electron chi connectivity index (χ3n) is 3.82. The highest BCUT2D eigenvalue weighted by Gasteiger charge is 2.49. The maximum absolute atomic E-state index is 10.2. The maximum atomic E-state index is 10.2. The van der Waals surface area contributed by atoms with Crippen molar-refractivity contribution in [3.63, 3.8) is 0 Å². The van der Waals surface area contributed by atoms with Gasteiger partial charge in [-0.3, -0.25) is 0 Å². The number of aliphatic hydroxyl groups excluding tert-OH is 1. The van der Waals surface area contributed by atoms with Gasteiger partial charge in [-0.2, -0.15) is 0 Å². The summed E-state index contributed by atoms with van der Waals surface area (Å²) >= 11 is 0. The average molecular weight is 307 g/mol. The first-order valence-electron chi connectivity index (χ1n) is 6.97. The number of aliphatic hydroxyl groups is 1. The number of azide groups is 1. The molecule has 2 heterocycles. The number of nitrogens with zero attached hydrogens (tertiary/aromatic N) is 3. The Morgan fingerprint density at radius 3 is 2.77 bits per heavy atom. The van der Waals surface area contributed by atoms with Crippen LogP contribution in [0.25, 0.3) is 10.4 Å². The molecule has 6 atom stereocenters. The zero-order valence-corrected chi connectivity index (χ0v) is 12.0. The number of benzene rings is 1. The van der Waals surface area contributed by atoms with Crippen molar-refractivity contribution in [2.24, 2.45) is 5.11 Å². The highest BCUT2D eigenvalue weighted by molar-refractivity contribution is 5.16. The van der Waals surface area contributed by atoms with Crippen LogP contribution in [0.1, 0.15) is 11.9 Å². The molecular formula is C14H17N3O5. The van der Waals surface area contributed by atoms with Crippen molar-refractivity contribution in [3.8, 4) is 0 Å². The Labute approximate surface area is 127 Å². The fraction of sp³-hybridized carbons (Fsp3) is 0.571. The zero-order chi connectivity index (χ0) is 15.5. The Morgan fingerprint density at radius 1 is 1.32 bits per heavy atom. The van der Waals surface area contributed by atoms with Gasteiger partial charge < -0.3 is 24.1 Å². The maximum Gasteiger partial charge on any atom is 0.184 e. The number of hydrogen-bond donors (Lipinski definition) is 1. The summed E-state index contributed by atoms with van der Waals surface area (Å²) in [5.74, 6) is 0. The molecule has 22 heavy (non-hydrogen) atoms. The number of ether oxygens (including phenoxy) is 4. The Bertz CT molecular complexity index is 551. The van der Waals surface area contributed by atoms with Gasteiger partial charge in [0.05, 0.1) is 12.6 Å². The van der Waals surface area contributed by atoms with E-state index in [0.29, 0.717) is 0 Å². The van der Waals surface area contributed by atoms with Gasteiger partial charge in [-0.15, -0.1) is 0 Å². The highest BCUT2D eigenvalue weighted by Crippen LogP contribution is 2.35. The van der Waals surface area contributed by atoms with Crippen LogP contribution in [0.4, 0.5) is 0 Å². The number of methoxy groups -OCH3 is 1. The van der Waals surface area contributed by atoms with Crippen molar-refractivity contribution in [1.29, 1.82) is 0 Å². The second-order valence-corrected chi connectivity index (χ2v) is 5.14. The third-order valence-corrected chi connectivity index (χ3v) is 3.82. The van der Waals surface area contributed by atoms with Gasteiger partial charge >= 0.3 is 0 Å². The lowest BCUT2D eigenvalue weighted by Gasteiger charge is -2.46. The van der Waals surface area contributed by atoms with Crippen LogP contribution in [0.2, 0.25) is 0 Å². The van der Waals surface area contributed by atoms with E-state index in [1.807, 2.05) is 30.3 Å². The van der Waals surface area contributed by atoms with Crippen molar-refractivity contribution in [2.45, 2.75) is 36.9 Å². The van der Waals surface area contributed by atoms with E-state index in [2.05, 4.69) is 10.0 Å². The van der Waals surface area contributed by atoms with Crippen LogP contribution in [0.15, 0.2) is 35.4 Å². The van der Waals surface area contributed by atoms with Gasteiger partial charge in [0.2, 0.25) is 0 Å². The van der Waals surface area contributed by atoms with Crippen molar-refractivity contribution < 1.29 is 24.1 Å². The Balaban J connectivity index is 1.82. The summed E-state index contributed by atoms with van der Waals surface area (Å²) in [5.41, 5.74) is 9.60. The molecule has 0 radical (unpaired) electrons. The van der Waals surface area contributed by atoms with E-state index in [9.17, 15) is 5.11 Å². The van der Waals surface area contributed by atoms with Crippen LogP contribution < -0.4 is 0 Å². The van der Waals surface area contributed by atoms with Gasteiger partial charge in [-0.05, 0) is 5.53 Å². The SMILES string of the molecule is CO[C@H]1O[C@@H]2CO[C@H](c3ccccc3)O[C@@H]2[C@@H](N=[N+]=[N-])[C@@H]1O. The Hall–Kier alpha value is -1.67.